The summed E-state index contributed by atoms with van der Waals surface area (Å²) in [6.45, 7) is 4.31. The van der Waals surface area contributed by atoms with Crippen molar-refractivity contribution in [3.8, 4) is 17.2 Å². The molecule has 3 N–H and O–H groups in total. The zero-order valence-corrected chi connectivity index (χ0v) is 11.8. The maximum atomic E-state index is 9.80. The summed E-state index contributed by atoms with van der Waals surface area (Å²) >= 11 is 1.78. The van der Waals surface area contributed by atoms with Gasteiger partial charge in [0.1, 0.15) is 5.75 Å². The molecular formula is C13H17N3O2S. The molecule has 0 fully saturated rings. The molecule has 0 aliphatic heterocycles. The Morgan fingerprint density at radius 3 is 2.95 bits per heavy atom. The van der Waals surface area contributed by atoms with Crippen LogP contribution in [0.2, 0.25) is 0 Å². The van der Waals surface area contributed by atoms with Crippen LogP contribution in [0.4, 0.5) is 5.69 Å². The highest BCUT2D eigenvalue weighted by atomic mass is 32.2. The minimum absolute atomic E-state index is 0.0461. The highest BCUT2D eigenvalue weighted by molar-refractivity contribution is 7.99. The number of rotatable bonds is 5. The molecule has 0 aliphatic carbocycles. The third-order valence-electron chi connectivity index (χ3n) is 2.79. The number of thioether (sulfide) groups is 1. The third-order valence-corrected chi connectivity index (χ3v) is 4.12. The summed E-state index contributed by atoms with van der Waals surface area (Å²) in [5.74, 6) is 1.70. The number of phenols is 1. The van der Waals surface area contributed by atoms with Crippen LogP contribution in [0, 0.1) is 0 Å². The lowest BCUT2D eigenvalue weighted by Crippen LogP contribution is -1.94. The van der Waals surface area contributed by atoms with Gasteiger partial charge in [-0.15, -0.1) is 0 Å². The Morgan fingerprint density at radius 2 is 2.26 bits per heavy atom. The zero-order valence-electron chi connectivity index (χ0n) is 11.0. The van der Waals surface area contributed by atoms with E-state index in [1.165, 1.54) is 6.07 Å². The van der Waals surface area contributed by atoms with Crippen molar-refractivity contribution in [2.24, 2.45) is 0 Å². The van der Waals surface area contributed by atoms with Gasteiger partial charge in [-0.1, -0.05) is 19.0 Å². The molecule has 0 amide bonds. The number of hydrogen-bond donors (Lipinski definition) is 2. The molecule has 0 aliphatic rings. The molecule has 102 valence electrons. The minimum Gasteiger partial charge on any atom is -0.507 e. The molecule has 2 aromatic rings. The molecule has 2 rings (SSSR count). The van der Waals surface area contributed by atoms with Crippen LogP contribution < -0.4 is 5.73 Å². The standard InChI is InChI=1S/C13H17N3O2S/c1-3-8(2)19-7-12-15-13(18-16-12)10-5-4-9(14)6-11(10)17/h4-6,8,17H,3,7,14H2,1-2H3. The Bertz CT molecular complexity index is 557. The monoisotopic (exact) mass is 279 g/mol. The van der Waals surface area contributed by atoms with Gasteiger partial charge in [-0.25, -0.2) is 0 Å². The number of anilines is 1. The fourth-order valence-electron chi connectivity index (χ4n) is 1.49. The summed E-state index contributed by atoms with van der Waals surface area (Å²) in [4.78, 5) is 4.28. The van der Waals surface area contributed by atoms with Crippen LogP contribution in [0.3, 0.4) is 0 Å². The van der Waals surface area contributed by atoms with E-state index in [4.69, 9.17) is 10.3 Å². The van der Waals surface area contributed by atoms with Gasteiger partial charge in [0.15, 0.2) is 5.82 Å². The van der Waals surface area contributed by atoms with Crippen LogP contribution in [0.25, 0.3) is 11.5 Å². The Balaban J connectivity index is 2.12. The lowest BCUT2D eigenvalue weighted by atomic mass is 10.2. The highest BCUT2D eigenvalue weighted by Crippen LogP contribution is 2.30. The van der Waals surface area contributed by atoms with Crippen molar-refractivity contribution < 1.29 is 9.63 Å². The fraction of sp³-hybridized carbons (Fsp3) is 0.385. The third kappa shape index (κ3) is 3.41. The molecule has 19 heavy (non-hydrogen) atoms. The molecule has 5 nitrogen and oxygen atoms in total. The fourth-order valence-corrected chi connectivity index (χ4v) is 2.27. The first kappa shape index (κ1) is 13.7. The predicted octanol–water partition coefficient (Wildman–Crippen LogP) is 3.06. The minimum atomic E-state index is 0.0461. The summed E-state index contributed by atoms with van der Waals surface area (Å²) in [5, 5.41) is 14.3. The lowest BCUT2D eigenvalue weighted by Gasteiger charge is -2.04. The molecule has 0 bridgehead atoms. The van der Waals surface area contributed by atoms with Crippen LogP contribution in [-0.2, 0) is 5.75 Å². The first-order valence-corrected chi connectivity index (χ1v) is 7.18. The number of aromatic hydroxyl groups is 1. The van der Waals surface area contributed by atoms with Gasteiger partial charge in [0.25, 0.3) is 5.89 Å². The second-order valence-electron chi connectivity index (χ2n) is 4.32. The van der Waals surface area contributed by atoms with E-state index in [0.717, 1.165) is 6.42 Å². The molecule has 0 saturated heterocycles. The van der Waals surface area contributed by atoms with Gasteiger partial charge in [0.2, 0.25) is 0 Å². The summed E-state index contributed by atoms with van der Waals surface area (Å²) in [7, 11) is 0. The molecule has 1 aromatic heterocycles. The smallest absolute Gasteiger partial charge is 0.261 e. The van der Waals surface area contributed by atoms with Crippen molar-refractivity contribution >= 4 is 17.4 Å². The van der Waals surface area contributed by atoms with E-state index in [-0.39, 0.29) is 5.75 Å². The van der Waals surface area contributed by atoms with Crippen molar-refractivity contribution in [2.45, 2.75) is 31.3 Å². The topological polar surface area (TPSA) is 85.2 Å². The van der Waals surface area contributed by atoms with E-state index >= 15 is 0 Å². The lowest BCUT2D eigenvalue weighted by molar-refractivity contribution is 0.419. The van der Waals surface area contributed by atoms with Gasteiger partial charge in [-0.3, -0.25) is 0 Å². The van der Waals surface area contributed by atoms with Gasteiger partial charge in [-0.2, -0.15) is 16.7 Å². The Labute approximate surface area is 116 Å². The van der Waals surface area contributed by atoms with Crippen molar-refractivity contribution in [3.05, 3.63) is 24.0 Å². The van der Waals surface area contributed by atoms with Crippen LogP contribution in [0.15, 0.2) is 22.7 Å². The molecule has 0 radical (unpaired) electrons. The normalized spacial score (nSPS) is 12.5. The highest BCUT2D eigenvalue weighted by Gasteiger charge is 2.13. The molecule has 0 spiro atoms. The second-order valence-corrected chi connectivity index (χ2v) is 5.75. The SMILES string of the molecule is CCC(C)SCc1noc(-c2ccc(N)cc2O)n1. The second kappa shape index (κ2) is 5.97. The summed E-state index contributed by atoms with van der Waals surface area (Å²) in [6.07, 6.45) is 1.11. The molecular weight excluding hydrogens is 262 g/mol. The molecule has 0 saturated carbocycles. The van der Waals surface area contributed by atoms with Crippen molar-refractivity contribution in [2.75, 3.05) is 5.73 Å². The molecule has 1 aromatic carbocycles. The van der Waals surface area contributed by atoms with Crippen molar-refractivity contribution in [1.29, 1.82) is 0 Å². The van der Waals surface area contributed by atoms with E-state index < -0.39 is 0 Å². The molecule has 1 atom stereocenters. The van der Waals surface area contributed by atoms with Gasteiger partial charge < -0.3 is 15.4 Å². The van der Waals surface area contributed by atoms with E-state index in [1.54, 1.807) is 23.9 Å². The van der Waals surface area contributed by atoms with Gasteiger partial charge in [-0.05, 0) is 18.6 Å². The number of nitrogens with two attached hydrogens (primary N) is 1. The largest absolute Gasteiger partial charge is 0.507 e. The average molecular weight is 279 g/mol. The quantitative estimate of drug-likeness (QED) is 0.818. The molecule has 1 unspecified atom stereocenters. The van der Waals surface area contributed by atoms with Gasteiger partial charge in [0.05, 0.1) is 11.3 Å². The van der Waals surface area contributed by atoms with Crippen LogP contribution in [-0.4, -0.2) is 20.5 Å². The van der Waals surface area contributed by atoms with Crippen LogP contribution in [0.5, 0.6) is 5.75 Å². The molecule has 6 heteroatoms. The van der Waals surface area contributed by atoms with Crippen LogP contribution in [0.1, 0.15) is 26.1 Å². The number of hydrogen-bond acceptors (Lipinski definition) is 6. The number of aromatic nitrogens is 2. The van der Waals surface area contributed by atoms with Gasteiger partial charge >= 0.3 is 0 Å². The van der Waals surface area contributed by atoms with E-state index in [9.17, 15) is 5.11 Å². The Morgan fingerprint density at radius 1 is 1.47 bits per heavy atom. The van der Waals surface area contributed by atoms with E-state index in [1.807, 2.05) is 0 Å². The van der Waals surface area contributed by atoms with Gasteiger partial charge in [0, 0.05) is 17.0 Å². The summed E-state index contributed by atoms with van der Waals surface area (Å²) in [6, 6.07) is 4.82. The van der Waals surface area contributed by atoms with Crippen LogP contribution >= 0.6 is 11.8 Å². The first-order valence-electron chi connectivity index (χ1n) is 6.13. The Hall–Kier alpha value is -1.69. The summed E-state index contributed by atoms with van der Waals surface area (Å²) in [5.41, 5.74) is 6.57. The maximum Gasteiger partial charge on any atom is 0.261 e. The number of phenolic OH excluding ortho intramolecular Hbond substituents is 1. The van der Waals surface area contributed by atoms with Crippen molar-refractivity contribution in [3.63, 3.8) is 0 Å². The Kier molecular flexibility index (Phi) is 4.31. The van der Waals surface area contributed by atoms with Crippen molar-refractivity contribution in [1.82, 2.24) is 10.1 Å². The number of nitrogen functional groups attached to an aromatic ring is 1. The first-order chi connectivity index (χ1) is 9.10. The average Bonchev–Trinajstić information content (AvgIpc) is 2.84. The summed E-state index contributed by atoms with van der Waals surface area (Å²) < 4.78 is 5.16. The molecule has 1 heterocycles. The van der Waals surface area contributed by atoms with E-state index in [2.05, 4.69) is 24.0 Å². The number of nitrogens with zero attached hydrogens (tertiary/aromatic N) is 2. The maximum absolute atomic E-state index is 9.80. The number of benzene rings is 1. The predicted molar refractivity (Wildman–Crippen MR) is 76.9 cm³/mol. The zero-order chi connectivity index (χ0) is 13.8. The van der Waals surface area contributed by atoms with E-state index in [0.29, 0.717) is 34.0 Å².